The summed E-state index contributed by atoms with van der Waals surface area (Å²) in [5.41, 5.74) is 0. The number of rotatable bonds is 9. The second-order valence-electron chi connectivity index (χ2n) is 8.08. The highest BCUT2D eigenvalue weighted by Gasteiger charge is 2.49. The van der Waals surface area contributed by atoms with E-state index in [1.54, 1.807) is 0 Å². The van der Waals surface area contributed by atoms with Crippen LogP contribution in [-0.2, 0) is 19.0 Å². The van der Waals surface area contributed by atoms with E-state index in [4.69, 9.17) is 14.2 Å². The van der Waals surface area contributed by atoms with E-state index in [1.165, 1.54) is 32.1 Å². The van der Waals surface area contributed by atoms with Crippen LogP contribution in [0.25, 0.3) is 0 Å². The van der Waals surface area contributed by atoms with Crippen molar-refractivity contribution < 1.29 is 19.0 Å². The number of hydrogen-bond donors (Lipinski definition) is 0. The maximum atomic E-state index is 11.6. The standard InChI is InChI=1S/C20H34O4/c1-3-4-5-6-7-9-20(22-11-12-23-20)10-8-16-15(2)13-18-17(16)14-19(21)24-18/h15-18H,3-14H2,1-2H3/t15?,16-,17?,18?/m0/s1. The molecular weight excluding hydrogens is 304 g/mol. The Morgan fingerprint density at radius 3 is 2.58 bits per heavy atom. The lowest BCUT2D eigenvalue weighted by atomic mass is 9.83. The fourth-order valence-electron chi connectivity index (χ4n) is 5.04. The van der Waals surface area contributed by atoms with Crippen molar-refractivity contribution >= 4 is 5.97 Å². The van der Waals surface area contributed by atoms with Crippen molar-refractivity contribution in [1.82, 2.24) is 0 Å². The zero-order valence-electron chi connectivity index (χ0n) is 15.4. The minimum Gasteiger partial charge on any atom is -0.462 e. The largest absolute Gasteiger partial charge is 0.462 e. The molecule has 3 aliphatic rings. The average Bonchev–Trinajstić information content (AvgIpc) is 3.21. The summed E-state index contributed by atoms with van der Waals surface area (Å²) in [6.07, 6.45) is 11.3. The summed E-state index contributed by atoms with van der Waals surface area (Å²) in [6.45, 7) is 6.01. The Morgan fingerprint density at radius 1 is 1.08 bits per heavy atom. The van der Waals surface area contributed by atoms with Gasteiger partial charge in [0.25, 0.3) is 0 Å². The van der Waals surface area contributed by atoms with E-state index in [1.807, 2.05) is 0 Å². The fourth-order valence-corrected chi connectivity index (χ4v) is 5.04. The van der Waals surface area contributed by atoms with Gasteiger partial charge in [-0.3, -0.25) is 4.79 Å². The van der Waals surface area contributed by atoms with Crippen LogP contribution in [0.2, 0.25) is 0 Å². The van der Waals surface area contributed by atoms with Crippen molar-refractivity contribution in [3.63, 3.8) is 0 Å². The van der Waals surface area contributed by atoms with Gasteiger partial charge in [0.05, 0.1) is 19.6 Å². The zero-order chi connectivity index (χ0) is 17.0. The molecule has 0 aromatic heterocycles. The van der Waals surface area contributed by atoms with Gasteiger partial charge in [0.1, 0.15) is 6.10 Å². The number of unbranched alkanes of at least 4 members (excludes halogenated alkanes) is 4. The molecular formula is C20H34O4. The Hall–Kier alpha value is -0.610. The summed E-state index contributed by atoms with van der Waals surface area (Å²) in [6, 6.07) is 0. The number of ether oxygens (including phenoxy) is 3. The van der Waals surface area contributed by atoms with E-state index in [-0.39, 0.29) is 17.9 Å². The zero-order valence-corrected chi connectivity index (χ0v) is 15.4. The maximum Gasteiger partial charge on any atom is 0.306 e. The summed E-state index contributed by atoms with van der Waals surface area (Å²) < 4.78 is 17.6. The van der Waals surface area contributed by atoms with Crippen molar-refractivity contribution in [3.05, 3.63) is 0 Å². The van der Waals surface area contributed by atoms with Gasteiger partial charge in [-0.25, -0.2) is 0 Å². The van der Waals surface area contributed by atoms with Crippen LogP contribution in [0.1, 0.15) is 78.1 Å². The summed E-state index contributed by atoms with van der Waals surface area (Å²) in [4.78, 5) is 11.6. The molecule has 2 heterocycles. The van der Waals surface area contributed by atoms with E-state index in [0.29, 0.717) is 24.2 Å². The molecule has 0 aromatic carbocycles. The summed E-state index contributed by atoms with van der Waals surface area (Å²) >= 11 is 0. The molecule has 0 amide bonds. The van der Waals surface area contributed by atoms with Gasteiger partial charge in [-0.1, -0.05) is 39.5 Å². The van der Waals surface area contributed by atoms with E-state index in [2.05, 4.69) is 13.8 Å². The summed E-state index contributed by atoms with van der Waals surface area (Å²) in [5, 5.41) is 0. The van der Waals surface area contributed by atoms with Crippen LogP contribution in [0.5, 0.6) is 0 Å². The van der Waals surface area contributed by atoms with Crippen LogP contribution < -0.4 is 0 Å². The van der Waals surface area contributed by atoms with Gasteiger partial charge in [0, 0.05) is 18.8 Å². The van der Waals surface area contributed by atoms with Gasteiger partial charge in [0.15, 0.2) is 5.79 Å². The molecule has 3 fully saturated rings. The minimum absolute atomic E-state index is 0.000837. The first-order chi connectivity index (χ1) is 11.6. The van der Waals surface area contributed by atoms with Crippen molar-refractivity contribution in [2.24, 2.45) is 17.8 Å². The molecule has 0 radical (unpaired) electrons. The van der Waals surface area contributed by atoms with Crippen molar-refractivity contribution in [1.29, 1.82) is 0 Å². The van der Waals surface area contributed by atoms with Gasteiger partial charge in [-0.15, -0.1) is 0 Å². The lowest BCUT2D eigenvalue weighted by Gasteiger charge is -2.30. The first kappa shape index (κ1) is 18.2. The van der Waals surface area contributed by atoms with Crippen LogP contribution in [0.3, 0.4) is 0 Å². The average molecular weight is 338 g/mol. The molecule has 0 aromatic rings. The van der Waals surface area contributed by atoms with E-state index in [9.17, 15) is 4.79 Å². The van der Waals surface area contributed by atoms with Gasteiger partial charge in [-0.2, -0.15) is 0 Å². The number of hydrogen-bond acceptors (Lipinski definition) is 4. The third kappa shape index (κ3) is 4.13. The topological polar surface area (TPSA) is 44.8 Å². The van der Waals surface area contributed by atoms with E-state index < -0.39 is 0 Å². The highest BCUT2D eigenvalue weighted by molar-refractivity contribution is 5.72. The van der Waals surface area contributed by atoms with Crippen LogP contribution in [0.15, 0.2) is 0 Å². The Labute approximate surface area is 146 Å². The highest BCUT2D eigenvalue weighted by Crippen LogP contribution is 2.48. The third-order valence-corrected chi connectivity index (χ3v) is 6.38. The predicted molar refractivity (Wildman–Crippen MR) is 92.5 cm³/mol. The van der Waals surface area contributed by atoms with Gasteiger partial charge < -0.3 is 14.2 Å². The third-order valence-electron chi connectivity index (χ3n) is 6.38. The van der Waals surface area contributed by atoms with E-state index >= 15 is 0 Å². The molecule has 4 atom stereocenters. The fraction of sp³-hybridized carbons (Fsp3) is 0.950. The lowest BCUT2D eigenvalue weighted by Crippen LogP contribution is -2.32. The molecule has 1 aliphatic carbocycles. The number of carbonyl (C=O) groups is 1. The number of fused-ring (bicyclic) bond motifs is 1. The minimum atomic E-state index is -0.354. The van der Waals surface area contributed by atoms with Gasteiger partial charge in [-0.05, 0) is 31.1 Å². The predicted octanol–water partition coefficient (Wildman–Crippen LogP) is 4.46. The van der Waals surface area contributed by atoms with Crippen LogP contribution >= 0.6 is 0 Å². The summed E-state index contributed by atoms with van der Waals surface area (Å²) in [5.74, 6) is 1.28. The Kier molecular flexibility index (Phi) is 6.20. The quantitative estimate of drug-likeness (QED) is 0.460. The maximum absolute atomic E-state index is 11.6. The van der Waals surface area contributed by atoms with E-state index in [0.717, 1.165) is 38.9 Å². The Morgan fingerprint density at radius 2 is 1.83 bits per heavy atom. The molecule has 0 spiro atoms. The van der Waals surface area contributed by atoms with Crippen molar-refractivity contribution in [2.75, 3.05) is 13.2 Å². The van der Waals surface area contributed by atoms with Crippen molar-refractivity contribution in [2.45, 2.75) is 89.9 Å². The second-order valence-corrected chi connectivity index (χ2v) is 8.08. The lowest BCUT2D eigenvalue weighted by molar-refractivity contribution is -0.171. The Bertz CT molecular complexity index is 416. The molecule has 1 saturated carbocycles. The molecule has 3 rings (SSSR count). The molecule has 138 valence electrons. The van der Waals surface area contributed by atoms with Crippen LogP contribution in [0, 0.1) is 17.8 Å². The molecule has 0 N–H and O–H groups in total. The SMILES string of the molecule is CCCCCCCC1(CC[C@H]2C(C)CC3OC(=O)CC32)OCCO1. The molecule has 3 unspecified atom stereocenters. The molecule has 2 saturated heterocycles. The molecule has 0 bridgehead atoms. The Balaban J connectivity index is 1.49. The molecule has 2 aliphatic heterocycles. The normalized spacial score (nSPS) is 34.5. The van der Waals surface area contributed by atoms with Gasteiger partial charge in [0.2, 0.25) is 0 Å². The van der Waals surface area contributed by atoms with Crippen LogP contribution in [0.4, 0.5) is 0 Å². The summed E-state index contributed by atoms with van der Waals surface area (Å²) in [7, 11) is 0. The first-order valence-electron chi connectivity index (χ1n) is 10.1. The van der Waals surface area contributed by atoms with Crippen LogP contribution in [-0.4, -0.2) is 31.1 Å². The molecule has 4 heteroatoms. The number of carbonyl (C=O) groups excluding carboxylic acids is 1. The first-order valence-corrected chi connectivity index (χ1v) is 10.1. The van der Waals surface area contributed by atoms with Crippen molar-refractivity contribution in [3.8, 4) is 0 Å². The highest BCUT2D eigenvalue weighted by atomic mass is 16.7. The number of esters is 1. The molecule has 4 nitrogen and oxygen atoms in total. The monoisotopic (exact) mass is 338 g/mol. The smallest absolute Gasteiger partial charge is 0.306 e. The van der Waals surface area contributed by atoms with Gasteiger partial charge >= 0.3 is 5.97 Å². The molecule has 24 heavy (non-hydrogen) atoms. The second kappa shape index (κ2) is 8.18.